The predicted molar refractivity (Wildman–Crippen MR) is 95.9 cm³/mol. The Kier molecular flexibility index (Phi) is 5.02. The first-order chi connectivity index (χ1) is 12.5. The zero-order valence-electron chi connectivity index (χ0n) is 14.5. The van der Waals surface area contributed by atoms with Gasteiger partial charge in [0.05, 0.1) is 12.2 Å². The highest BCUT2D eigenvalue weighted by atomic mass is 19.1. The lowest BCUT2D eigenvalue weighted by Gasteiger charge is -2.18. The van der Waals surface area contributed by atoms with Crippen LogP contribution >= 0.6 is 0 Å². The highest BCUT2D eigenvalue weighted by molar-refractivity contribution is 6.05. The van der Waals surface area contributed by atoms with Crippen LogP contribution in [0.25, 0.3) is 11.0 Å². The first-order valence-corrected chi connectivity index (χ1v) is 8.18. The third kappa shape index (κ3) is 3.74. The van der Waals surface area contributed by atoms with Gasteiger partial charge in [-0.15, -0.1) is 0 Å². The van der Waals surface area contributed by atoms with Crippen LogP contribution in [0.2, 0.25) is 0 Å². The number of amides is 1. The van der Waals surface area contributed by atoms with Gasteiger partial charge in [-0.25, -0.2) is 9.18 Å². The SMILES string of the molecule is CCOc1ccc2c(C(=O)N(C)Cc3cccc(F)c3)cc(=O)oc2c1. The summed E-state index contributed by atoms with van der Waals surface area (Å²) < 4.78 is 23.9. The second-order valence-electron chi connectivity index (χ2n) is 5.86. The van der Waals surface area contributed by atoms with Crippen LogP contribution in [0.5, 0.6) is 5.75 Å². The van der Waals surface area contributed by atoms with E-state index in [-0.39, 0.29) is 29.4 Å². The van der Waals surface area contributed by atoms with Gasteiger partial charge in [0, 0.05) is 31.1 Å². The first kappa shape index (κ1) is 17.7. The first-order valence-electron chi connectivity index (χ1n) is 8.18. The normalized spacial score (nSPS) is 10.7. The van der Waals surface area contributed by atoms with Gasteiger partial charge in [0.15, 0.2) is 0 Å². The Labute approximate surface area is 149 Å². The van der Waals surface area contributed by atoms with Gasteiger partial charge in [-0.1, -0.05) is 12.1 Å². The summed E-state index contributed by atoms with van der Waals surface area (Å²) in [6, 6.07) is 12.2. The van der Waals surface area contributed by atoms with Crippen LogP contribution in [0, 0.1) is 5.82 Å². The molecule has 0 saturated carbocycles. The molecule has 0 bridgehead atoms. The largest absolute Gasteiger partial charge is 0.494 e. The lowest BCUT2D eigenvalue weighted by Crippen LogP contribution is -2.27. The number of fused-ring (bicyclic) bond motifs is 1. The van der Waals surface area contributed by atoms with Crippen molar-refractivity contribution in [1.29, 1.82) is 0 Å². The number of rotatable bonds is 5. The molecular formula is C20H18FNO4. The second kappa shape index (κ2) is 7.39. The molecule has 3 aromatic rings. The van der Waals surface area contributed by atoms with Crippen molar-refractivity contribution in [3.63, 3.8) is 0 Å². The molecule has 0 unspecified atom stereocenters. The molecule has 0 aliphatic heterocycles. The van der Waals surface area contributed by atoms with E-state index in [2.05, 4.69) is 0 Å². The predicted octanol–water partition coefficient (Wildman–Crippen LogP) is 3.60. The Morgan fingerprint density at radius 2 is 2.00 bits per heavy atom. The van der Waals surface area contributed by atoms with E-state index in [0.717, 1.165) is 0 Å². The van der Waals surface area contributed by atoms with Crippen molar-refractivity contribution in [3.8, 4) is 5.75 Å². The maximum atomic E-state index is 13.3. The lowest BCUT2D eigenvalue weighted by atomic mass is 10.1. The molecule has 6 heteroatoms. The minimum atomic E-state index is -0.617. The number of benzene rings is 2. The fourth-order valence-electron chi connectivity index (χ4n) is 2.76. The van der Waals surface area contributed by atoms with E-state index in [1.165, 1.54) is 23.1 Å². The molecule has 0 aliphatic rings. The van der Waals surface area contributed by atoms with Crippen LogP contribution in [0.4, 0.5) is 4.39 Å². The van der Waals surface area contributed by atoms with Crippen LogP contribution < -0.4 is 10.4 Å². The van der Waals surface area contributed by atoms with E-state index in [9.17, 15) is 14.0 Å². The molecule has 2 aromatic carbocycles. The lowest BCUT2D eigenvalue weighted by molar-refractivity contribution is 0.0786. The molecule has 0 N–H and O–H groups in total. The van der Waals surface area contributed by atoms with Crippen LogP contribution in [0.1, 0.15) is 22.8 Å². The molecule has 1 amide bonds. The second-order valence-corrected chi connectivity index (χ2v) is 5.86. The van der Waals surface area contributed by atoms with Gasteiger partial charge in [0.25, 0.3) is 5.91 Å². The van der Waals surface area contributed by atoms with Crippen LogP contribution in [0.15, 0.2) is 57.7 Å². The summed E-state index contributed by atoms with van der Waals surface area (Å²) in [6.45, 7) is 2.54. The zero-order chi connectivity index (χ0) is 18.7. The highest BCUT2D eigenvalue weighted by Gasteiger charge is 2.18. The van der Waals surface area contributed by atoms with Crippen molar-refractivity contribution in [2.24, 2.45) is 0 Å². The van der Waals surface area contributed by atoms with Crippen molar-refractivity contribution >= 4 is 16.9 Å². The molecule has 0 saturated heterocycles. The fourth-order valence-corrected chi connectivity index (χ4v) is 2.76. The molecule has 0 atom stereocenters. The molecular weight excluding hydrogens is 337 g/mol. The summed E-state index contributed by atoms with van der Waals surface area (Å²) in [7, 11) is 1.60. The van der Waals surface area contributed by atoms with E-state index in [4.69, 9.17) is 9.15 Å². The van der Waals surface area contributed by atoms with Gasteiger partial charge in [-0.2, -0.15) is 0 Å². The molecule has 3 rings (SSSR count). The van der Waals surface area contributed by atoms with Crippen LogP contribution in [-0.2, 0) is 6.54 Å². The van der Waals surface area contributed by atoms with Crippen molar-refractivity contribution in [2.45, 2.75) is 13.5 Å². The van der Waals surface area contributed by atoms with Crippen molar-refractivity contribution < 1.29 is 18.3 Å². The summed E-state index contributed by atoms with van der Waals surface area (Å²) in [4.78, 5) is 26.1. The van der Waals surface area contributed by atoms with E-state index in [1.807, 2.05) is 6.92 Å². The number of nitrogens with zero attached hydrogens (tertiary/aromatic N) is 1. The molecule has 0 fully saturated rings. The molecule has 26 heavy (non-hydrogen) atoms. The monoisotopic (exact) mass is 355 g/mol. The molecule has 134 valence electrons. The smallest absolute Gasteiger partial charge is 0.337 e. The Hall–Kier alpha value is -3.15. The zero-order valence-corrected chi connectivity index (χ0v) is 14.5. The fraction of sp³-hybridized carbons (Fsp3) is 0.200. The van der Waals surface area contributed by atoms with Crippen molar-refractivity contribution in [1.82, 2.24) is 4.90 Å². The minimum absolute atomic E-state index is 0.218. The Bertz CT molecular complexity index is 1010. The molecule has 1 heterocycles. The van der Waals surface area contributed by atoms with Crippen LogP contribution in [0.3, 0.4) is 0 Å². The van der Waals surface area contributed by atoms with Crippen LogP contribution in [-0.4, -0.2) is 24.5 Å². The van der Waals surface area contributed by atoms with E-state index in [0.29, 0.717) is 23.3 Å². The van der Waals surface area contributed by atoms with Gasteiger partial charge >= 0.3 is 5.63 Å². The summed E-state index contributed by atoms with van der Waals surface area (Å²) in [5, 5.41) is 0.518. The number of halogens is 1. The number of carbonyl (C=O) groups is 1. The maximum Gasteiger partial charge on any atom is 0.337 e. The molecule has 0 spiro atoms. The quantitative estimate of drug-likeness (QED) is 0.656. The van der Waals surface area contributed by atoms with Gasteiger partial charge < -0.3 is 14.1 Å². The molecule has 1 aromatic heterocycles. The maximum absolute atomic E-state index is 13.3. The summed E-state index contributed by atoms with van der Waals surface area (Å²) in [5.41, 5.74) is 0.560. The topological polar surface area (TPSA) is 59.8 Å². The number of hydrogen-bond donors (Lipinski definition) is 0. The molecule has 0 radical (unpaired) electrons. The summed E-state index contributed by atoms with van der Waals surface area (Å²) in [5.74, 6) is -0.158. The Morgan fingerprint density at radius 1 is 1.19 bits per heavy atom. The van der Waals surface area contributed by atoms with Crippen molar-refractivity contribution in [2.75, 3.05) is 13.7 Å². The van der Waals surface area contributed by atoms with E-state index < -0.39 is 5.63 Å². The summed E-state index contributed by atoms with van der Waals surface area (Å²) in [6.07, 6.45) is 0. The third-order valence-electron chi connectivity index (χ3n) is 3.91. The standard InChI is InChI=1S/C20H18FNO4/c1-3-25-15-7-8-16-17(11-19(23)26-18(16)10-15)20(24)22(2)12-13-5-4-6-14(21)9-13/h4-11H,3,12H2,1-2H3. The number of hydrogen-bond acceptors (Lipinski definition) is 4. The average Bonchev–Trinajstić information content (AvgIpc) is 2.60. The highest BCUT2D eigenvalue weighted by Crippen LogP contribution is 2.24. The number of carbonyl (C=O) groups excluding carboxylic acids is 1. The van der Waals surface area contributed by atoms with Gasteiger partial charge in [-0.3, -0.25) is 4.79 Å². The van der Waals surface area contributed by atoms with E-state index >= 15 is 0 Å². The van der Waals surface area contributed by atoms with Gasteiger partial charge in [-0.05, 0) is 36.8 Å². The van der Waals surface area contributed by atoms with E-state index in [1.54, 1.807) is 37.4 Å². The number of ether oxygens (including phenoxy) is 1. The van der Waals surface area contributed by atoms with Gasteiger partial charge in [0.1, 0.15) is 17.1 Å². The summed E-state index contributed by atoms with van der Waals surface area (Å²) >= 11 is 0. The minimum Gasteiger partial charge on any atom is -0.494 e. The Morgan fingerprint density at radius 3 is 2.73 bits per heavy atom. The molecule has 0 aliphatic carbocycles. The average molecular weight is 355 g/mol. The van der Waals surface area contributed by atoms with Gasteiger partial charge in [0.2, 0.25) is 0 Å². The molecule has 5 nitrogen and oxygen atoms in total. The Balaban J connectivity index is 1.95. The third-order valence-corrected chi connectivity index (χ3v) is 3.91. The van der Waals surface area contributed by atoms with Crippen molar-refractivity contribution in [3.05, 3.63) is 75.9 Å².